The molecule has 0 unspecified atom stereocenters. The second-order valence-electron chi connectivity index (χ2n) is 6.46. The zero-order chi connectivity index (χ0) is 15.4. The van der Waals surface area contributed by atoms with Gasteiger partial charge in [0, 0.05) is 42.6 Å². The average Bonchev–Trinajstić information content (AvgIpc) is 2.72. The molecule has 22 heavy (non-hydrogen) atoms. The fraction of sp³-hybridized carbons (Fsp3) is 0.526. The van der Waals surface area contributed by atoms with Crippen LogP contribution in [-0.4, -0.2) is 30.4 Å². The van der Waals surface area contributed by atoms with E-state index in [1.54, 1.807) is 0 Å². The van der Waals surface area contributed by atoms with E-state index < -0.39 is 0 Å². The van der Waals surface area contributed by atoms with Gasteiger partial charge in [-0.1, -0.05) is 37.1 Å². The predicted molar refractivity (Wildman–Crippen MR) is 94.2 cm³/mol. The van der Waals surface area contributed by atoms with E-state index in [2.05, 4.69) is 66.4 Å². The first kappa shape index (κ1) is 15.1. The van der Waals surface area contributed by atoms with Crippen molar-refractivity contribution in [1.29, 1.82) is 0 Å². The summed E-state index contributed by atoms with van der Waals surface area (Å²) in [4.78, 5) is 2.42. The lowest BCUT2D eigenvalue weighted by Crippen LogP contribution is -2.31. The Bertz CT molecular complexity index is 527. The summed E-state index contributed by atoms with van der Waals surface area (Å²) in [5.74, 6) is 0.392. The summed E-state index contributed by atoms with van der Waals surface area (Å²) in [5.41, 5.74) is 2.60. The molecule has 1 aromatic rings. The third-order valence-electron chi connectivity index (χ3n) is 4.80. The van der Waals surface area contributed by atoms with Crippen molar-refractivity contribution >= 4 is 11.9 Å². The van der Waals surface area contributed by atoms with Crippen molar-refractivity contribution in [2.24, 2.45) is 11.0 Å². The minimum atomic E-state index is 0.392. The Labute approximate surface area is 134 Å². The van der Waals surface area contributed by atoms with Crippen LogP contribution in [0.25, 0.3) is 0 Å². The van der Waals surface area contributed by atoms with E-state index in [0.717, 1.165) is 13.1 Å². The molecule has 0 amide bonds. The highest BCUT2D eigenvalue weighted by molar-refractivity contribution is 5.70. The van der Waals surface area contributed by atoms with Crippen LogP contribution in [0, 0.1) is 5.92 Å². The lowest BCUT2D eigenvalue weighted by atomic mass is 10.1. The predicted octanol–water partition coefficient (Wildman–Crippen LogP) is 4.28. The van der Waals surface area contributed by atoms with Gasteiger partial charge in [-0.3, -0.25) is 5.01 Å². The number of hydrazone groups is 1. The van der Waals surface area contributed by atoms with Crippen molar-refractivity contribution < 1.29 is 0 Å². The first-order chi connectivity index (χ1) is 10.8. The topological polar surface area (TPSA) is 18.8 Å². The number of para-hydroxylation sites is 1. The van der Waals surface area contributed by atoms with Crippen LogP contribution >= 0.6 is 0 Å². The number of hydrogen-bond acceptors (Lipinski definition) is 3. The Kier molecular flexibility index (Phi) is 4.81. The molecule has 1 aromatic carbocycles. The number of rotatable bonds is 3. The van der Waals surface area contributed by atoms with Gasteiger partial charge in [0.2, 0.25) is 0 Å². The molecule has 3 heteroatoms. The maximum atomic E-state index is 4.78. The van der Waals surface area contributed by atoms with Gasteiger partial charge >= 0.3 is 0 Å². The number of allylic oxidation sites excluding steroid dienone is 1. The molecule has 0 aliphatic carbocycles. The molecule has 118 valence electrons. The van der Waals surface area contributed by atoms with Gasteiger partial charge in [-0.15, -0.1) is 0 Å². The highest BCUT2D eigenvalue weighted by Gasteiger charge is 2.29. The Morgan fingerprint density at radius 3 is 2.41 bits per heavy atom. The summed E-state index contributed by atoms with van der Waals surface area (Å²) in [7, 11) is 0. The molecule has 2 atom stereocenters. The van der Waals surface area contributed by atoms with Gasteiger partial charge in [-0.25, -0.2) is 0 Å². The van der Waals surface area contributed by atoms with Crippen LogP contribution in [0.5, 0.6) is 0 Å². The van der Waals surface area contributed by atoms with Gasteiger partial charge in [-0.05, 0) is 38.8 Å². The molecule has 2 aliphatic heterocycles. The van der Waals surface area contributed by atoms with Crippen LogP contribution in [0.3, 0.4) is 0 Å². The van der Waals surface area contributed by atoms with Crippen LogP contribution in [0.2, 0.25) is 0 Å². The lowest BCUT2D eigenvalue weighted by molar-refractivity contribution is 0.300. The summed E-state index contributed by atoms with van der Waals surface area (Å²) in [6.07, 6.45) is 9.77. The van der Waals surface area contributed by atoms with Crippen molar-refractivity contribution in [2.75, 3.05) is 18.0 Å². The zero-order valence-electron chi connectivity index (χ0n) is 13.8. The molecule has 0 bridgehead atoms. The van der Waals surface area contributed by atoms with Gasteiger partial charge in [0.15, 0.2) is 0 Å². The van der Waals surface area contributed by atoms with Gasteiger partial charge in [0.1, 0.15) is 0 Å². The van der Waals surface area contributed by atoms with E-state index in [1.807, 2.05) is 0 Å². The number of nitrogens with zero attached hydrogens (tertiary/aromatic N) is 3. The van der Waals surface area contributed by atoms with Crippen LogP contribution in [0.15, 0.2) is 47.2 Å². The molecular weight excluding hydrogens is 270 g/mol. The molecule has 0 N–H and O–H groups in total. The average molecular weight is 297 g/mol. The monoisotopic (exact) mass is 297 g/mol. The van der Waals surface area contributed by atoms with Crippen LogP contribution in [0.4, 0.5) is 5.69 Å². The quantitative estimate of drug-likeness (QED) is 0.776. The number of benzene rings is 1. The fourth-order valence-electron chi connectivity index (χ4n) is 3.53. The standard InChI is InChI=1S/C19H27N3/c1-16-14-18(15-20-21-12-8-3-4-9-13-21)17(2)22(16)19-10-6-5-7-11-19/h5-7,10-11,14-15,17-18H,3-4,8-9,12-13H2,1-2H3/b20-15+/t17-,18+/m1/s1. The summed E-state index contributed by atoms with van der Waals surface area (Å²) in [6.45, 7) is 6.72. The maximum Gasteiger partial charge on any atom is 0.0424 e. The highest BCUT2D eigenvalue weighted by Crippen LogP contribution is 2.31. The Hall–Kier alpha value is -1.77. The Balaban J connectivity index is 1.68. The molecule has 0 saturated carbocycles. The van der Waals surface area contributed by atoms with Gasteiger partial charge in [0.25, 0.3) is 0 Å². The summed E-state index contributed by atoms with van der Waals surface area (Å²) < 4.78 is 0. The minimum absolute atomic E-state index is 0.392. The van der Waals surface area contributed by atoms with Crippen molar-refractivity contribution in [3.63, 3.8) is 0 Å². The Morgan fingerprint density at radius 2 is 1.73 bits per heavy atom. The second kappa shape index (κ2) is 6.99. The molecule has 3 nitrogen and oxygen atoms in total. The van der Waals surface area contributed by atoms with E-state index in [0.29, 0.717) is 12.0 Å². The summed E-state index contributed by atoms with van der Waals surface area (Å²) in [5, 5.41) is 7.03. The molecule has 1 fully saturated rings. The van der Waals surface area contributed by atoms with Crippen molar-refractivity contribution in [3.05, 3.63) is 42.1 Å². The van der Waals surface area contributed by atoms with Crippen LogP contribution in [-0.2, 0) is 0 Å². The van der Waals surface area contributed by atoms with E-state index >= 15 is 0 Å². The molecule has 2 heterocycles. The van der Waals surface area contributed by atoms with Crippen LogP contribution < -0.4 is 4.90 Å². The van der Waals surface area contributed by atoms with Crippen molar-refractivity contribution in [1.82, 2.24) is 5.01 Å². The third kappa shape index (κ3) is 3.34. The van der Waals surface area contributed by atoms with E-state index in [9.17, 15) is 0 Å². The molecule has 3 rings (SSSR count). The Morgan fingerprint density at radius 1 is 1.05 bits per heavy atom. The van der Waals surface area contributed by atoms with E-state index in [1.165, 1.54) is 37.1 Å². The first-order valence-corrected chi connectivity index (χ1v) is 8.57. The SMILES string of the molecule is CC1=C[C@@H](/C=N/N2CCCCCC2)[C@@H](C)N1c1ccccc1. The lowest BCUT2D eigenvalue weighted by Gasteiger charge is -2.28. The summed E-state index contributed by atoms with van der Waals surface area (Å²) in [6, 6.07) is 11.1. The molecule has 0 aromatic heterocycles. The molecule has 1 saturated heterocycles. The molecule has 0 radical (unpaired) electrons. The molecule has 0 spiro atoms. The zero-order valence-corrected chi connectivity index (χ0v) is 13.8. The third-order valence-corrected chi connectivity index (χ3v) is 4.80. The van der Waals surface area contributed by atoms with Crippen molar-refractivity contribution in [3.8, 4) is 0 Å². The minimum Gasteiger partial charge on any atom is -0.342 e. The van der Waals surface area contributed by atoms with Gasteiger partial charge < -0.3 is 4.90 Å². The fourth-order valence-corrected chi connectivity index (χ4v) is 3.53. The van der Waals surface area contributed by atoms with Gasteiger partial charge in [-0.2, -0.15) is 5.10 Å². The smallest absolute Gasteiger partial charge is 0.0424 e. The summed E-state index contributed by atoms with van der Waals surface area (Å²) >= 11 is 0. The molecular formula is C19H27N3. The van der Waals surface area contributed by atoms with E-state index in [-0.39, 0.29) is 0 Å². The van der Waals surface area contributed by atoms with Crippen molar-refractivity contribution in [2.45, 2.75) is 45.6 Å². The second-order valence-corrected chi connectivity index (χ2v) is 6.46. The number of anilines is 1. The normalized spacial score (nSPS) is 26.4. The number of hydrogen-bond donors (Lipinski definition) is 0. The largest absolute Gasteiger partial charge is 0.342 e. The highest BCUT2D eigenvalue weighted by atomic mass is 15.4. The maximum absolute atomic E-state index is 4.78. The first-order valence-electron chi connectivity index (χ1n) is 8.57. The molecule has 2 aliphatic rings. The van der Waals surface area contributed by atoms with Gasteiger partial charge in [0.05, 0.1) is 0 Å². The van der Waals surface area contributed by atoms with E-state index in [4.69, 9.17) is 5.10 Å². The van der Waals surface area contributed by atoms with Crippen LogP contribution in [0.1, 0.15) is 39.5 Å².